The number of nitrogens with zero attached hydrogens (tertiary/aromatic N) is 5. The lowest BCUT2D eigenvalue weighted by atomic mass is 9.89. The molecule has 1 aliphatic carbocycles. The third-order valence-electron chi connectivity index (χ3n) is 5.02. The summed E-state index contributed by atoms with van der Waals surface area (Å²) in [6, 6.07) is 3.77. The molecule has 27 heavy (non-hydrogen) atoms. The van der Waals surface area contributed by atoms with Gasteiger partial charge >= 0.3 is 0 Å². The molecule has 0 spiro atoms. The summed E-state index contributed by atoms with van der Waals surface area (Å²) in [5.41, 5.74) is 1.44. The van der Waals surface area contributed by atoms with Crippen molar-refractivity contribution in [2.24, 2.45) is 5.92 Å². The van der Waals surface area contributed by atoms with Crippen LogP contribution >= 0.6 is 23.1 Å². The lowest BCUT2D eigenvalue weighted by Crippen LogP contribution is -2.08. The van der Waals surface area contributed by atoms with Crippen molar-refractivity contribution in [1.29, 1.82) is 0 Å². The van der Waals surface area contributed by atoms with Crippen LogP contribution in [0.3, 0.4) is 0 Å². The average Bonchev–Trinajstić information content (AvgIpc) is 3.39. The Morgan fingerprint density at radius 2 is 2.26 bits per heavy atom. The summed E-state index contributed by atoms with van der Waals surface area (Å²) in [6.07, 6.45) is 6.80. The smallest absolute Gasteiger partial charge is 0.200 e. The Labute approximate surface area is 165 Å². The zero-order chi connectivity index (χ0) is 18.4. The van der Waals surface area contributed by atoms with E-state index in [-0.39, 0.29) is 0 Å². The Morgan fingerprint density at radius 1 is 1.33 bits per heavy atom. The Bertz CT molecular complexity index is 1100. The minimum atomic E-state index is 0.728. The van der Waals surface area contributed by atoms with Crippen LogP contribution in [0.5, 0.6) is 0 Å². The number of aryl methyl sites for hydroxylation is 1. The summed E-state index contributed by atoms with van der Waals surface area (Å²) in [4.78, 5) is 11.7. The van der Waals surface area contributed by atoms with Gasteiger partial charge in [-0.3, -0.25) is 4.57 Å². The second kappa shape index (κ2) is 6.76. The van der Waals surface area contributed by atoms with E-state index in [2.05, 4.69) is 38.6 Å². The number of thiophene rings is 1. The highest BCUT2D eigenvalue weighted by Crippen LogP contribution is 2.42. The summed E-state index contributed by atoms with van der Waals surface area (Å²) in [5.74, 6) is 2.22. The SMILES string of the molecule is CCn1c(Sc2ncnc3sc4c(c23)CC[C@H](C)C4)nnc1-c1ccco1. The third kappa shape index (κ3) is 2.87. The predicted molar refractivity (Wildman–Crippen MR) is 106 cm³/mol. The van der Waals surface area contributed by atoms with E-state index in [4.69, 9.17) is 4.42 Å². The molecule has 1 aliphatic rings. The molecule has 138 valence electrons. The molecule has 0 aromatic carbocycles. The molecule has 8 heteroatoms. The zero-order valence-electron chi connectivity index (χ0n) is 15.2. The van der Waals surface area contributed by atoms with Crippen molar-refractivity contribution in [3.05, 3.63) is 35.2 Å². The summed E-state index contributed by atoms with van der Waals surface area (Å²) in [5, 5.41) is 11.8. The molecule has 0 N–H and O–H groups in total. The second-order valence-corrected chi connectivity index (χ2v) is 8.88. The zero-order valence-corrected chi connectivity index (χ0v) is 16.8. The van der Waals surface area contributed by atoms with Gasteiger partial charge in [0.25, 0.3) is 0 Å². The number of hydrogen-bond donors (Lipinski definition) is 0. The molecule has 1 atom stereocenters. The van der Waals surface area contributed by atoms with Crippen molar-refractivity contribution in [2.75, 3.05) is 0 Å². The minimum absolute atomic E-state index is 0.728. The molecule has 4 heterocycles. The fourth-order valence-corrected chi connectivity index (χ4v) is 6.06. The van der Waals surface area contributed by atoms with Crippen LogP contribution in [0.2, 0.25) is 0 Å². The van der Waals surface area contributed by atoms with Crippen molar-refractivity contribution in [2.45, 2.75) is 49.8 Å². The van der Waals surface area contributed by atoms with Crippen molar-refractivity contribution in [1.82, 2.24) is 24.7 Å². The summed E-state index contributed by atoms with van der Waals surface area (Å²) >= 11 is 3.39. The first-order chi connectivity index (χ1) is 13.2. The molecular weight excluding hydrogens is 378 g/mol. The van der Waals surface area contributed by atoms with Gasteiger partial charge in [0.2, 0.25) is 0 Å². The highest BCUT2D eigenvalue weighted by Gasteiger charge is 2.24. The van der Waals surface area contributed by atoms with Gasteiger partial charge in [0, 0.05) is 16.8 Å². The normalized spacial score (nSPS) is 16.7. The summed E-state index contributed by atoms with van der Waals surface area (Å²) in [7, 11) is 0. The molecule has 0 saturated heterocycles. The molecule has 4 aromatic rings. The molecule has 6 nitrogen and oxygen atoms in total. The molecule has 0 saturated carbocycles. The Morgan fingerprint density at radius 3 is 3.07 bits per heavy atom. The first-order valence-corrected chi connectivity index (χ1v) is 10.8. The van der Waals surface area contributed by atoms with Crippen LogP contribution in [0.15, 0.2) is 39.3 Å². The predicted octanol–water partition coefficient (Wildman–Crippen LogP) is 4.84. The number of hydrogen-bond acceptors (Lipinski definition) is 7. The third-order valence-corrected chi connectivity index (χ3v) is 7.17. The van der Waals surface area contributed by atoms with Crippen LogP contribution in [-0.2, 0) is 19.4 Å². The minimum Gasteiger partial charge on any atom is -0.461 e. The highest BCUT2D eigenvalue weighted by molar-refractivity contribution is 7.99. The van der Waals surface area contributed by atoms with Crippen LogP contribution in [0.25, 0.3) is 21.8 Å². The molecule has 0 bridgehead atoms. The molecular formula is C19H19N5OS2. The molecule has 4 aromatic heterocycles. The van der Waals surface area contributed by atoms with Crippen LogP contribution in [0.4, 0.5) is 0 Å². The van der Waals surface area contributed by atoms with Gasteiger partial charge in [0.1, 0.15) is 16.2 Å². The van der Waals surface area contributed by atoms with Gasteiger partial charge in [-0.1, -0.05) is 6.92 Å². The summed E-state index contributed by atoms with van der Waals surface area (Å²) in [6.45, 7) is 5.18. The van der Waals surface area contributed by atoms with Gasteiger partial charge in [-0.15, -0.1) is 21.5 Å². The van der Waals surface area contributed by atoms with E-state index in [1.165, 1.54) is 22.2 Å². The highest BCUT2D eigenvalue weighted by atomic mass is 32.2. The average molecular weight is 398 g/mol. The Hall–Kier alpha value is -2.19. The quantitative estimate of drug-likeness (QED) is 0.459. The van der Waals surface area contributed by atoms with Gasteiger partial charge in [-0.25, -0.2) is 9.97 Å². The van der Waals surface area contributed by atoms with Crippen molar-refractivity contribution in [3.63, 3.8) is 0 Å². The molecule has 0 fully saturated rings. The first kappa shape index (κ1) is 16.9. The lowest BCUT2D eigenvalue weighted by molar-refractivity contribution is 0.509. The van der Waals surface area contributed by atoms with E-state index >= 15 is 0 Å². The number of aromatic nitrogens is 5. The van der Waals surface area contributed by atoms with E-state index in [0.29, 0.717) is 0 Å². The van der Waals surface area contributed by atoms with Crippen LogP contribution in [0, 0.1) is 5.92 Å². The van der Waals surface area contributed by atoms with E-state index < -0.39 is 0 Å². The number of furan rings is 1. The Balaban J connectivity index is 1.58. The van der Waals surface area contributed by atoms with E-state index in [1.54, 1.807) is 24.4 Å². The second-order valence-electron chi connectivity index (χ2n) is 6.84. The van der Waals surface area contributed by atoms with Gasteiger partial charge in [-0.05, 0) is 61.6 Å². The maximum atomic E-state index is 5.51. The maximum absolute atomic E-state index is 5.51. The molecule has 0 amide bonds. The van der Waals surface area contributed by atoms with Gasteiger partial charge in [0.15, 0.2) is 16.7 Å². The fraction of sp³-hybridized carbons (Fsp3) is 0.368. The summed E-state index contributed by atoms with van der Waals surface area (Å²) < 4.78 is 7.58. The van der Waals surface area contributed by atoms with Crippen LogP contribution in [-0.4, -0.2) is 24.7 Å². The fourth-order valence-electron chi connectivity index (χ4n) is 3.65. The molecule has 0 aliphatic heterocycles. The van der Waals surface area contributed by atoms with Crippen molar-refractivity contribution in [3.8, 4) is 11.6 Å². The van der Waals surface area contributed by atoms with Crippen LogP contribution < -0.4 is 0 Å². The number of rotatable bonds is 4. The van der Waals surface area contributed by atoms with Crippen molar-refractivity contribution >= 4 is 33.3 Å². The topological polar surface area (TPSA) is 69.6 Å². The van der Waals surface area contributed by atoms with Crippen molar-refractivity contribution < 1.29 is 4.42 Å². The van der Waals surface area contributed by atoms with E-state index in [1.807, 2.05) is 23.5 Å². The molecule has 0 radical (unpaired) electrons. The lowest BCUT2D eigenvalue weighted by Gasteiger charge is -2.18. The Kier molecular flexibility index (Phi) is 4.24. The monoisotopic (exact) mass is 397 g/mol. The van der Waals surface area contributed by atoms with Gasteiger partial charge in [-0.2, -0.15) is 0 Å². The van der Waals surface area contributed by atoms with E-state index in [9.17, 15) is 0 Å². The number of fused-ring (bicyclic) bond motifs is 3. The standard InChI is InChI=1S/C19H19N5OS2/c1-3-24-16(13-5-4-8-25-13)22-23-19(24)27-18-15-12-7-6-11(2)9-14(12)26-17(15)20-10-21-18/h4-5,8,10-11H,3,6-7,9H2,1-2H3/t11-/m0/s1. The van der Waals surface area contributed by atoms with Crippen LogP contribution in [0.1, 0.15) is 30.7 Å². The molecule has 0 unspecified atom stereocenters. The largest absolute Gasteiger partial charge is 0.461 e. The molecule has 5 rings (SSSR count). The van der Waals surface area contributed by atoms with Gasteiger partial charge < -0.3 is 4.42 Å². The maximum Gasteiger partial charge on any atom is 0.200 e. The van der Waals surface area contributed by atoms with E-state index in [0.717, 1.165) is 51.9 Å². The van der Waals surface area contributed by atoms with Gasteiger partial charge in [0.05, 0.1) is 6.26 Å². The first-order valence-electron chi connectivity index (χ1n) is 9.14.